The van der Waals surface area contributed by atoms with E-state index < -0.39 is 6.10 Å². The maximum Gasteiger partial charge on any atom is 0.306 e. The van der Waals surface area contributed by atoms with Crippen molar-refractivity contribution in [3.05, 3.63) is 97.2 Å². The van der Waals surface area contributed by atoms with Gasteiger partial charge in [0.1, 0.15) is 13.2 Å². The van der Waals surface area contributed by atoms with Gasteiger partial charge in [-0.05, 0) is 122 Å². The Labute approximate surface area is 483 Å². The molecule has 0 N–H and O–H groups in total. The SMILES string of the molecule is CC/C=C\C/C=C\C/C=C\C/C=C\CCCCCCCCCCCCCCCCC(=O)OCC(COC(=O)CCCCCCC/C=C\CCCCCCC)OC(=O)CCCCCCCC/C=C\C/C=C\C/C=C\CCCCC. The molecule has 0 aromatic carbocycles. The van der Waals surface area contributed by atoms with Crippen LogP contribution in [-0.4, -0.2) is 37.2 Å². The molecule has 6 heteroatoms. The summed E-state index contributed by atoms with van der Waals surface area (Å²) in [6, 6.07) is 0. The van der Waals surface area contributed by atoms with Crippen molar-refractivity contribution in [1.29, 1.82) is 0 Å². The molecule has 0 spiro atoms. The lowest BCUT2D eigenvalue weighted by molar-refractivity contribution is -0.167. The van der Waals surface area contributed by atoms with Gasteiger partial charge in [0.25, 0.3) is 0 Å². The van der Waals surface area contributed by atoms with Crippen molar-refractivity contribution in [2.75, 3.05) is 13.2 Å². The highest BCUT2D eigenvalue weighted by Crippen LogP contribution is 2.16. The number of ether oxygens (including phenoxy) is 3. The van der Waals surface area contributed by atoms with E-state index in [4.69, 9.17) is 14.2 Å². The Morgan fingerprint density at radius 2 is 0.500 bits per heavy atom. The Hall–Kier alpha value is -3.67. The van der Waals surface area contributed by atoms with Crippen molar-refractivity contribution < 1.29 is 28.6 Å². The molecular formula is C72H124O6. The second kappa shape index (κ2) is 65.8. The minimum Gasteiger partial charge on any atom is -0.462 e. The molecule has 0 bridgehead atoms. The molecule has 0 fully saturated rings. The lowest BCUT2D eigenvalue weighted by Gasteiger charge is -2.18. The van der Waals surface area contributed by atoms with Gasteiger partial charge in [0, 0.05) is 19.3 Å². The largest absolute Gasteiger partial charge is 0.462 e. The molecule has 0 saturated heterocycles. The minimum absolute atomic E-state index is 0.0842. The Bertz CT molecular complexity index is 1530. The van der Waals surface area contributed by atoms with Crippen LogP contribution in [0.2, 0.25) is 0 Å². The fraction of sp³-hybridized carbons (Fsp3) is 0.736. The van der Waals surface area contributed by atoms with E-state index in [-0.39, 0.29) is 31.1 Å². The molecule has 6 nitrogen and oxygen atoms in total. The fourth-order valence-corrected chi connectivity index (χ4v) is 9.32. The summed E-state index contributed by atoms with van der Waals surface area (Å²) in [4.78, 5) is 38.4. The molecular weight excluding hydrogens is 961 g/mol. The number of carbonyl (C=O) groups is 3. The van der Waals surface area contributed by atoms with Gasteiger partial charge in [-0.1, -0.05) is 279 Å². The summed E-state index contributed by atoms with van der Waals surface area (Å²) in [5, 5.41) is 0. The van der Waals surface area contributed by atoms with Crippen LogP contribution in [0.5, 0.6) is 0 Å². The molecule has 0 amide bonds. The van der Waals surface area contributed by atoms with Crippen molar-refractivity contribution >= 4 is 17.9 Å². The van der Waals surface area contributed by atoms with E-state index in [1.165, 1.54) is 167 Å². The third-order valence-electron chi connectivity index (χ3n) is 14.3. The summed E-state index contributed by atoms with van der Waals surface area (Å²) in [5.74, 6) is -0.894. The van der Waals surface area contributed by atoms with Gasteiger partial charge in [0.05, 0.1) is 0 Å². The van der Waals surface area contributed by atoms with Crippen LogP contribution in [-0.2, 0) is 28.6 Å². The number of hydrogen-bond donors (Lipinski definition) is 0. The number of carbonyl (C=O) groups excluding carboxylic acids is 3. The molecule has 78 heavy (non-hydrogen) atoms. The molecule has 0 aliphatic heterocycles. The van der Waals surface area contributed by atoms with E-state index in [0.29, 0.717) is 19.3 Å². The molecule has 0 heterocycles. The van der Waals surface area contributed by atoms with Crippen LogP contribution in [0.15, 0.2) is 97.2 Å². The summed E-state index contributed by atoms with van der Waals surface area (Å²) in [5.41, 5.74) is 0. The second-order valence-electron chi connectivity index (χ2n) is 22.0. The van der Waals surface area contributed by atoms with Crippen LogP contribution in [0.3, 0.4) is 0 Å². The van der Waals surface area contributed by atoms with Crippen molar-refractivity contribution in [3.8, 4) is 0 Å². The highest BCUT2D eigenvalue weighted by molar-refractivity contribution is 5.71. The minimum atomic E-state index is -0.789. The Balaban J connectivity index is 4.31. The first-order chi connectivity index (χ1) is 38.5. The zero-order valence-corrected chi connectivity index (χ0v) is 51.4. The molecule has 0 saturated carbocycles. The summed E-state index contributed by atoms with van der Waals surface area (Å²) in [6.07, 6.45) is 88.4. The Morgan fingerprint density at radius 1 is 0.269 bits per heavy atom. The van der Waals surface area contributed by atoms with Gasteiger partial charge in [-0.2, -0.15) is 0 Å². The second-order valence-corrected chi connectivity index (χ2v) is 22.0. The van der Waals surface area contributed by atoms with E-state index in [9.17, 15) is 14.4 Å². The predicted octanol–water partition coefficient (Wildman–Crippen LogP) is 22.8. The molecule has 0 rings (SSSR count). The van der Waals surface area contributed by atoms with Gasteiger partial charge < -0.3 is 14.2 Å². The van der Waals surface area contributed by atoms with Crippen LogP contribution in [0.1, 0.15) is 323 Å². The van der Waals surface area contributed by atoms with Crippen molar-refractivity contribution in [2.24, 2.45) is 0 Å². The van der Waals surface area contributed by atoms with Gasteiger partial charge in [0.15, 0.2) is 6.10 Å². The molecule has 1 unspecified atom stereocenters. The highest BCUT2D eigenvalue weighted by atomic mass is 16.6. The van der Waals surface area contributed by atoms with Crippen molar-refractivity contribution in [3.63, 3.8) is 0 Å². The van der Waals surface area contributed by atoms with E-state index in [2.05, 4.69) is 118 Å². The maximum atomic E-state index is 12.9. The van der Waals surface area contributed by atoms with Gasteiger partial charge in [-0.25, -0.2) is 0 Å². The highest BCUT2D eigenvalue weighted by Gasteiger charge is 2.19. The van der Waals surface area contributed by atoms with Crippen molar-refractivity contribution in [2.45, 2.75) is 329 Å². The zero-order valence-electron chi connectivity index (χ0n) is 51.4. The molecule has 0 radical (unpaired) electrons. The van der Waals surface area contributed by atoms with Gasteiger partial charge >= 0.3 is 17.9 Å². The van der Waals surface area contributed by atoms with Crippen LogP contribution in [0.25, 0.3) is 0 Å². The van der Waals surface area contributed by atoms with E-state index >= 15 is 0 Å². The molecule has 1 atom stereocenters. The van der Waals surface area contributed by atoms with Crippen LogP contribution < -0.4 is 0 Å². The molecule has 448 valence electrons. The molecule has 0 aliphatic carbocycles. The summed E-state index contributed by atoms with van der Waals surface area (Å²) in [7, 11) is 0. The zero-order chi connectivity index (χ0) is 56.4. The number of hydrogen-bond acceptors (Lipinski definition) is 6. The van der Waals surface area contributed by atoms with Gasteiger partial charge in [0.2, 0.25) is 0 Å². The smallest absolute Gasteiger partial charge is 0.306 e. The summed E-state index contributed by atoms with van der Waals surface area (Å²) in [6.45, 7) is 6.50. The van der Waals surface area contributed by atoms with E-state index in [1.807, 2.05) is 0 Å². The van der Waals surface area contributed by atoms with E-state index in [1.54, 1.807) is 0 Å². The van der Waals surface area contributed by atoms with Gasteiger partial charge in [-0.15, -0.1) is 0 Å². The Kier molecular flexibility index (Phi) is 62.7. The topological polar surface area (TPSA) is 78.9 Å². The van der Waals surface area contributed by atoms with Crippen LogP contribution in [0, 0.1) is 0 Å². The number of allylic oxidation sites excluding steroid dienone is 16. The summed E-state index contributed by atoms with van der Waals surface area (Å²) < 4.78 is 16.9. The molecule has 0 aromatic rings. The molecule has 0 aromatic heterocycles. The normalized spacial score (nSPS) is 12.7. The average Bonchev–Trinajstić information content (AvgIpc) is 3.44. The van der Waals surface area contributed by atoms with Crippen molar-refractivity contribution in [1.82, 2.24) is 0 Å². The quantitative estimate of drug-likeness (QED) is 0.0261. The Morgan fingerprint density at radius 3 is 0.821 bits per heavy atom. The monoisotopic (exact) mass is 1080 g/mol. The third-order valence-corrected chi connectivity index (χ3v) is 14.3. The van der Waals surface area contributed by atoms with Gasteiger partial charge in [-0.3, -0.25) is 14.4 Å². The lowest BCUT2D eigenvalue weighted by atomic mass is 10.0. The standard InChI is InChI=1S/C72H124O6/c1-4-7-10-13-16-19-22-25-28-30-32-33-34-35-36-37-38-39-41-42-44-47-50-53-56-59-62-65-71(74)77-68-69(67-76-70(73)64-61-58-55-52-49-46-27-24-21-18-15-12-9-6-3)78-72(75)66-63-60-57-54-51-48-45-43-40-31-29-26-23-20-17-14-11-8-5-2/h7,10,16-17,19-20,24-29,32-33,40,43,69H,4-6,8-9,11-15,18,21-23,30-31,34-39,41-42,44-68H2,1-3H3/b10-7-,19-16-,20-17-,27-24-,28-25-,29-26-,33-32-,43-40-. The predicted molar refractivity (Wildman–Crippen MR) is 339 cm³/mol. The van der Waals surface area contributed by atoms with Crippen LogP contribution >= 0.6 is 0 Å². The summed E-state index contributed by atoms with van der Waals surface area (Å²) >= 11 is 0. The lowest BCUT2D eigenvalue weighted by Crippen LogP contribution is -2.30. The number of rotatable bonds is 60. The first-order valence-electron chi connectivity index (χ1n) is 33.2. The van der Waals surface area contributed by atoms with E-state index in [0.717, 1.165) is 116 Å². The maximum absolute atomic E-state index is 12.9. The fourth-order valence-electron chi connectivity index (χ4n) is 9.32. The number of esters is 3. The average molecular weight is 1090 g/mol. The molecule has 0 aliphatic rings. The van der Waals surface area contributed by atoms with Crippen LogP contribution in [0.4, 0.5) is 0 Å². The first-order valence-corrected chi connectivity index (χ1v) is 33.2. The first kappa shape index (κ1) is 74.3. The third kappa shape index (κ3) is 63.2. The number of unbranched alkanes of at least 4 members (excludes halogenated alkanes) is 33.